The second kappa shape index (κ2) is 10.9. The summed E-state index contributed by atoms with van der Waals surface area (Å²) in [5.41, 5.74) is 6.50. The smallest absolute Gasteiger partial charge is 0.330 e. The number of hydrogen-bond acceptors (Lipinski definition) is 7. The standard InChI is InChI=1S/C25H27Cl2N5O3/c1-25(2,3)35-24(34)21(11-16-7-5-4-6-8-16)31-15-30-19(13-23(31)33)18-12-17(26)9-10-20(18)32(29)14-22(27)28/h4-10,12-15,21H,11,28-29H2,1-3H3/b22-14-. The van der Waals surface area contributed by atoms with Crippen molar-refractivity contribution in [3.63, 3.8) is 0 Å². The van der Waals surface area contributed by atoms with Crippen LogP contribution in [-0.2, 0) is 16.0 Å². The summed E-state index contributed by atoms with van der Waals surface area (Å²) in [5, 5.41) is 1.60. The van der Waals surface area contributed by atoms with Gasteiger partial charge in [0.1, 0.15) is 16.8 Å². The number of carbonyl (C=O) groups excluding carboxylic acids is 1. The van der Waals surface area contributed by atoms with Crippen LogP contribution in [0, 0.1) is 0 Å². The zero-order chi connectivity index (χ0) is 25.8. The minimum Gasteiger partial charge on any atom is -0.458 e. The Hall–Kier alpha value is -3.33. The van der Waals surface area contributed by atoms with Gasteiger partial charge in [-0.05, 0) is 44.5 Å². The molecule has 1 heterocycles. The Morgan fingerprint density at radius 2 is 1.89 bits per heavy atom. The number of hydrazine groups is 1. The van der Waals surface area contributed by atoms with Gasteiger partial charge >= 0.3 is 5.97 Å². The topological polar surface area (TPSA) is 116 Å². The summed E-state index contributed by atoms with van der Waals surface area (Å²) >= 11 is 11.9. The van der Waals surface area contributed by atoms with Crippen LogP contribution in [0.1, 0.15) is 32.4 Å². The summed E-state index contributed by atoms with van der Waals surface area (Å²) in [6.45, 7) is 5.32. The van der Waals surface area contributed by atoms with E-state index in [9.17, 15) is 9.59 Å². The molecule has 0 radical (unpaired) electrons. The molecule has 0 aliphatic heterocycles. The van der Waals surface area contributed by atoms with Crippen molar-refractivity contribution < 1.29 is 9.53 Å². The second-order valence-corrected chi connectivity index (χ2v) is 9.71. The largest absolute Gasteiger partial charge is 0.458 e. The van der Waals surface area contributed by atoms with Gasteiger partial charge in [0.25, 0.3) is 5.56 Å². The highest BCUT2D eigenvalue weighted by molar-refractivity contribution is 6.31. The predicted molar refractivity (Wildman–Crippen MR) is 139 cm³/mol. The van der Waals surface area contributed by atoms with Gasteiger partial charge in [-0.3, -0.25) is 14.4 Å². The summed E-state index contributed by atoms with van der Waals surface area (Å²) in [5.74, 6) is 5.53. The van der Waals surface area contributed by atoms with E-state index in [-0.39, 0.29) is 11.6 Å². The van der Waals surface area contributed by atoms with Crippen molar-refractivity contribution in [1.82, 2.24) is 9.55 Å². The molecule has 3 rings (SSSR count). The van der Waals surface area contributed by atoms with E-state index in [1.165, 1.54) is 28.2 Å². The Morgan fingerprint density at radius 1 is 1.20 bits per heavy atom. The van der Waals surface area contributed by atoms with Gasteiger partial charge in [-0.1, -0.05) is 53.5 Å². The Bertz CT molecular complexity index is 1280. The van der Waals surface area contributed by atoms with Crippen LogP contribution in [-0.4, -0.2) is 21.1 Å². The second-order valence-electron chi connectivity index (χ2n) is 8.84. The Labute approximate surface area is 213 Å². The predicted octanol–water partition coefficient (Wildman–Crippen LogP) is 4.37. The lowest BCUT2D eigenvalue weighted by Gasteiger charge is -2.25. The Balaban J connectivity index is 2.06. The summed E-state index contributed by atoms with van der Waals surface area (Å²) in [4.78, 5) is 30.8. The SMILES string of the molecule is CC(C)(C)OC(=O)C(Cc1ccccc1)n1cnc(-c2cc(Cl)ccc2N(N)/C=C(\N)Cl)cc1=O. The van der Waals surface area contributed by atoms with Crippen molar-refractivity contribution in [2.45, 2.75) is 38.8 Å². The van der Waals surface area contributed by atoms with Gasteiger partial charge in [0.15, 0.2) is 0 Å². The fourth-order valence-corrected chi connectivity index (χ4v) is 3.71. The molecule has 0 bridgehead atoms. The van der Waals surface area contributed by atoms with E-state index in [4.69, 9.17) is 39.5 Å². The van der Waals surface area contributed by atoms with Gasteiger partial charge < -0.3 is 10.5 Å². The molecule has 0 saturated heterocycles. The number of halogens is 2. The zero-order valence-electron chi connectivity index (χ0n) is 19.6. The first kappa shape index (κ1) is 26.3. The van der Waals surface area contributed by atoms with Gasteiger partial charge in [0.05, 0.1) is 23.9 Å². The minimum absolute atomic E-state index is 0.0297. The molecule has 0 saturated carbocycles. The van der Waals surface area contributed by atoms with Crippen molar-refractivity contribution in [1.29, 1.82) is 0 Å². The Morgan fingerprint density at radius 3 is 2.49 bits per heavy atom. The van der Waals surface area contributed by atoms with Crippen LogP contribution in [0.15, 0.2) is 77.1 Å². The molecule has 1 unspecified atom stereocenters. The van der Waals surface area contributed by atoms with E-state index >= 15 is 0 Å². The lowest BCUT2D eigenvalue weighted by Crippen LogP contribution is -2.36. The monoisotopic (exact) mass is 515 g/mol. The van der Waals surface area contributed by atoms with Crippen LogP contribution in [0.5, 0.6) is 0 Å². The number of nitrogens with two attached hydrogens (primary N) is 2. The first-order valence-electron chi connectivity index (χ1n) is 10.8. The molecule has 0 aliphatic rings. The molecule has 4 N–H and O–H groups in total. The van der Waals surface area contributed by atoms with Gasteiger partial charge in [-0.15, -0.1) is 0 Å². The lowest BCUT2D eigenvalue weighted by atomic mass is 10.0. The van der Waals surface area contributed by atoms with E-state index in [0.717, 1.165) is 5.56 Å². The average molecular weight is 516 g/mol. The summed E-state index contributed by atoms with van der Waals surface area (Å²) in [6.07, 6.45) is 2.90. The lowest BCUT2D eigenvalue weighted by molar-refractivity contribution is -0.159. The van der Waals surface area contributed by atoms with E-state index in [2.05, 4.69) is 4.98 Å². The highest BCUT2D eigenvalue weighted by Gasteiger charge is 2.28. The maximum absolute atomic E-state index is 13.2. The van der Waals surface area contributed by atoms with Gasteiger partial charge in [0.2, 0.25) is 0 Å². The number of aromatic nitrogens is 2. The maximum atomic E-state index is 13.2. The summed E-state index contributed by atoms with van der Waals surface area (Å²) in [7, 11) is 0. The number of carbonyl (C=O) groups is 1. The highest BCUT2D eigenvalue weighted by Crippen LogP contribution is 2.31. The van der Waals surface area contributed by atoms with Crippen molar-refractivity contribution in [3.8, 4) is 11.3 Å². The van der Waals surface area contributed by atoms with Gasteiger partial charge in [0, 0.05) is 23.1 Å². The Kier molecular flexibility index (Phi) is 8.22. The molecule has 1 aromatic heterocycles. The molecule has 35 heavy (non-hydrogen) atoms. The van der Waals surface area contributed by atoms with Crippen LogP contribution in [0.25, 0.3) is 11.3 Å². The minimum atomic E-state index is -0.908. The van der Waals surface area contributed by atoms with Crippen LogP contribution < -0.4 is 22.1 Å². The van der Waals surface area contributed by atoms with Crippen molar-refractivity contribution >= 4 is 34.9 Å². The van der Waals surface area contributed by atoms with Crippen LogP contribution in [0.3, 0.4) is 0 Å². The fourth-order valence-electron chi connectivity index (χ4n) is 3.43. The van der Waals surface area contributed by atoms with Crippen LogP contribution in [0.2, 0.25) is 5.02 Å². The van der Waals surface area contributed by atoms with E-state index in [1.54, 1.807) is 39.0 Å². The molecule has 2 aromatic carbocycles. The number of rotatable bonds is 7. The number of ether oxygens (including phenoxy) is 1. The van der Waals surface area contributed by atoms with E-state index in [1.807, 2.05) is 30.3 Å². The fraction of sp³-hybridized carbons (Fsp3) is 0.240. The molecule has 8 nitrogen and oxygen atoms in total. The molecule has 0 aliphatic carbocycles. The number of benzene rings is 2. The van der Waals surface area contributed by atoms with Crippen molar-refractivity contribution in [3.05, 3.63) is 93.2 Å². The van der Waals surface area contributed by atoms with Crippen LogP contribution >= 0.6 is 23.2 Å². The molecule has 0 amide bonds. The molecule has 184 valence electrons. The third kappa shape index (κ3) is 7.08. The van der Waals surface area contributed by atoms with E-state index < -0.39 is 23.2 Å². The first-order valence-corrected chi connectivity index (χ1v) is 11.5. The third-order valence-electron chi connectivity index (χ3n) is 4.90. The third-order valence-corrected chi connectivity index (χ3v) is 5.23. The molecular weight excluding hydrogens is 489 g/mol. The molecule has 1 atom stereocenters. The molecule has 3 aromatic rings. The number of anilines is 1. The van der Waals surface area contributed by atoms with Crippen molar-refractivity contribution in [2.75, 3.05) is 5.01 Å². The molecule has 0 fully saturated rings. The highest BCUT2D eigenvalue weighted by atomic mass is 35.5. The molecule has 0 spiro atoms. The normalized spacial score (nSPS) is 12.8. The van der Waals surface area contributed by atoms with Gasteiger partial charge in [-0.25, -0.2) is 15.6 Å². The van der Waals surface area contributed by atoms with E-state index in [0.29, 0.717) is 22.0 Å². The number of esters is 1. The zero-order valence-corrected chi connectivity index (χ0v) is 21.1. The first-order chi connectivity index (χ1) is 16.4. The number of hydrogen-bond donors (Lipinski definition) is 2. The number of nitrogens with zero attached hydrogens (tertiary/aromatic N) is 3. The van der Waals surface area contributed by atoms with Crippen LogP contribution in [0.4, 0.5) is 5.69 Å². The molecule has 10 heteroatoms. The summed E-state index contributed by atoms with van der Waals surface area (Å²) in [6, 6.07) is 14.7. The average Bonchev–Trinajstić information content (AvgIpc) is 2.76. The molecular formula is C25H27Cl2N5O3. The van der Waals surface area contributed by atoms with Gasteiger partial charge in [-0.2, -0.15) is 0 Å². The quantitative estimate of drug-likeness (QED) is 0.207. The van der Waals surface area contributed by atoms with Crippen molar-refractivity contribution in [2.24, 2.45) is 11.6 Å². The summed E-state index contributed by atoms with van der Waals surface area (Å²) < 4.78 is 6.87. The maximum Gasteiger partial charge on any atom is 0.330 e.